The van der Waals surface area contributed by atoms with E-state index in [0.29, 0.717) is 11.8 Å². The Bertz CT molecular complexity index is 403. The molecule has 0 heterocycles. The Kier molecular flexibility index (Phi) is 8.32. The third kappa shape index (κ3) is 7.59. The quantitative estimate of drug-likeness (QED) is 0.523. The molecule has 0 aliphatic carbocycles. The van der Waals surface area contributed by atoms with Gasteiger partial charge >= 0.3 is 5.97 Å². The number of hydrogen-bond donors (Lipinski definition) is 1. The van der Waals surface area contributed by atoms with Crippen LogP contribution in [0.15, 0.2) is 24.3 Å². The van der Waals surface area contributed by atoms with Gasteiger partial charge in [-0.1, -0.05) is 32.6 Å². The maximum atomic E-state index is 11.0. The predicted octanol–water partition coefficient (Wildman–Crippen LogP) is 4.01. The minimum absolute atomic E-state index is 0.0584. The second-order valence-electron chi connectivity index (χ2n) is 5.28. The molecule has 0 saturated carbocycles. The van der Waals surface area contributed by atoms with Crippen molar-refractivity contribution in [2.75, 3.05) is 19.0 Å². The van der Waals surface area contributed by atoms with Crippen LogP contribution in [0.2, 0.25) is 0 Å². The van der Waals surface area contributed by atoms with Gasteiger partial charge in [-0.2, -0.15) is 0 Å². The number of hydrogen-bond acceptors (Lipinski definition) is 4. The zero-order valence-electron chi connectivity index (χ0n) is 13.4. The lowest BCUT2D eigenvalue weighted by Gasteiger charge is -2.15. The molecule has 1 atom stereocenters. The van der Waals surface area contributed by atoms with Gasteiger partial charge in [0.05, 0.1) is 7.11 Å². The fraction of sp³-hybridized carbons (Fsp3) is 0.588. The van der Waals surface area contributed by atoms with Crippen LogP contribution in [-0.2, 0) is 9.53 Å². The number of benzene rings is 1. The number of unbranched alkanes of at least 4 members (excludes halogenated alkanes) is 3. The van der Waals surface area contributed by atoms with Crippen molar-refractivity contribution in [3.8, 4) is 5.75 Å². The van der Waals surface area contributed by atoms with Gasteiger partial charge in [0.1, 0.15) is 5.75 Å². The number of anilines is 1. The highest BCUT2D eigenvalue weighted by atomic mass is 16.6. The molecule has 1 N–H and O–H groups in total. The zero-order chi connectivity index (χ0) is 15.5. The summed E-state index contributed by atoms with van der Waals surface area (Å²) in [6.07, 6.45) is 6.35. The molecule has 0 amide bonds. The van der Waals surface area contributed by atoms with Gasteiger partial charge in [-0.25, -0.2) is 4.79 Å². The van der Waals surface area contributed by atoms with Gasteiger partial charge in [0.15, 0.2) is 6.61 Å². The van der Waals surface area contributed by atoms with Crippen LogP contribution in [0, 0.1) is 0 Å². The smallest absolute Gasteiger partial charge is 0.343 e. The third-order valence-corrected chi connectivity index (χ3v) is 3.34. The molecule has 4 nitrogen and oxygen atoms in total. The van der Waals surface area contributed by atoms with Crippen molar-refractivity contribution in [3.05, 3.63) is 24.3 Å². The Morgan fingerprint density at radius 1 is 1.19 bits per heavy atom. The van der Waals surface area contributed by atoms with E-state index in [1.165, 1.54) is 39.2 Å². The predicted molar refractivity (Wildman–Crippen MR) is 85.8 cm³/mol. The average molecular weight is 293 g/mol. The Labute approximate surface area is 127 Å². The molecule has 0 spiro atoms. The van der Waals surface area contributed by atoms with Crippen molar-refractivity contribution in [3.63, 3.8) is 0 Å². The lowest BCUT2D eigenvalue weighted by Crippen LogP contribution is -2.15. The molecular formula is C17H27NO3. The molecule has 118 valence electrons. The van der Waals surface area contributed by atoms with E-state index in [9.17, 15) is 4.79 Å². The van der Waals surface area contributed by atoms with Gasteiger partial charge < -0.3 is 14.8 Å². The van der Waals surface area contributed by atoms with Crippen molar-refractivity contribution in [2.24, 2.45) is 0 Å². The molecular weight excluding hydrogens is 266 g/mol. The summed E-state index contributed by atoms with van der Waals surface area (Å²) in [6.45, 7) is 4.37. The van der Waals surface area contributed by atoms with Crippen LogP contribution < -0.4 is 10.1 Å². The Balaban J connectivity index is 2.31. The molecule has 0 fully saturated rings. The van der Waals surface area contributed by atoms with Crippen molar-refractivity contribution in [2.45, 2.75) is 52.0 Å². The van der Waals surface area contributed by atoms with Gasteiger partial charge in [0, 0.05) is 11.7 Å². The highest BCUT2D eigenvalue weighted by molar-refractivity contribution is 5.70. The van der Waals surface area contributed by atoms with Crippen LogP contribution in [0.4, 0.5) is 5.69 Å². The molecule has 1 aromatic carbocycles. The number of carbonyl (C=O) groups is 1. The SMILES string of the molecule is CCCCCCC(C)Nc1ccc(OCC(=O)OC)cc1. The van der Waals surface area contributed by atoms with E-state index in [1.807, 2.05) is 24.3 Å². The second kappa shape index (κ2) is 10.1. The van der Waals surface area contributed by atoms with Crippen molar-refractivity contribution < 1.29 is 14.3 Å². The van der Waals surface area contributed by atoms with E-state index in [0.717, 1.165) is 5.69 Å². The van der Waals surface area contributed by atoms with Crippen LogP contribution in [0.25, 0.3) is 0 Å². The second-order valence-corrected chi connectivity index (χ2v) is 5.28. The first-order valence-corrected chi connectivity index (χ1v) is 7.72. The first kappa shape index (κ1) is 17.3. The highest BCUT2D eigenvalue weighted by Crippen LogP contribution is 2.17. The summed E-state index contributed by atoms with van der Waals surface area (Å²) in [5.41, 5.74) is 1.07. The molecule has 0 aliphatic heterocycles. The van der Waals surface area contributed by atoms with Gasteiger partial charge in [0.2, 0.25) is 0 Å². The topological polar surface area (TPSA) is 47.6 Å². The zero-order valence-corrected chi connectivity index (χ0v) is 13.4. The fourth-order valence-corrected chi connectivity index (χ4v) is 2.08. The first-order valence-electron chi connectivity index (χ1n) is 7.72. The molecule has 21 heavy (non-hydrogen) atoms. The summed E-state index contributed by atoms with van der Waals surface area (Å²) < 4.78 is 9.83. The summed E-state index contributed by atoms with van der Waals surface area (Å²) in [6, 6.07) is 8.11. The van der Waals surface area contributed by atoms with Gasteiger partial charge in [-0.15, -0.1) is 0 Å². The molecule has 0 saturated heterocycles. The van der Waals surface area contributed by atoms with E-state index in [-0.39, 0.29) is 12.6 Å². The average Bonchev–Trinajstić information content (AvgIpc) is 2.50. The number of methoxy groups -OCH3 is 1. The summed E-state index contributed by atoms with van der Waals surface area (Å²) >= 11 is 0. The fourth-order valence-electron chi connectivity index (χ4n) is 2.08. The van der Waals surface area contributed by atoms with Gasteiger partial charge in [0.25, 0.3) is 0 Å². The molecule has 0 bridgehead atoms. The van der Waals surface area contributed by atoms with Crippen molar-refractivity contribution >= 4 is 11.7 Å². The van der Waals surface area contributed by atoms with E-state index in [1.54, 1.807) is 0 Å². The molecule has 4 heteroatoms. The summed E-state index contributed by atoms with van der Waals surface area (Å²) in [4.78, 5) is 11.0. The molecule has 0 radical (unpaired) electrons. The lowest BCUT2D eigenvalue weighted by molar-refractivity contribution is -0.142. The molecule has 1 aromatic rings. The summed E-state index contributed by atoms with van der Waals surface area (Å²) in [5.74, 6) is 0.291. The molecule has 0 aromatic heterocycles. The standard InChI is InChI=1S/C17H27NO3/c1-4-5-6-7-8-14(2)18-15-9-11-16(12-10-15)21-13-17(19)20-3/h9-12,14,18H,4-8,13H2,1-3H3. The summed E-state index contributed by atoms with van der Waals surface area (Å²) in [5, 5.41) is 3.47. The highest BCUT2D eigenvalue weighted by Gasteiger charge is 2.04. The van der Waals surface area contributed by atoms with Crippen molar-refractivity contribution in [1.82, 2.24) is 0 Å². The van der Waals surface area contributed by atoms with E-state index < -0.39 is 0 Å². The first-order chi connectivity index (χ1) is 10.2. The minimum Gasteiger partial charge on any atom is -0.482 e. The maximum absolute atomic E-state index is 11.0. The Morgan fingerprint density at radius 3 is 2.52 bits per heavy atom. The number of esters is 1. The monoisotopic (exact) mass is 293 g/mol. The van der Waals surface area contributed by atoms with Gasteiger partial charge in [-0.3, -0.25) is 0 Å². The minimum atomic E-state index is -0.377. The Morgan fingerprint density at radius 2 is 1.90 bits per heavy atom. The lowest BCUT2D eigenvalue weighted by atomic mass is 10.1. The number of ether oxygens (including phenoxy) is 2. The van der Waals surface area contributed by atoms with Crippen LogP contribution >= 0.6 is 0 Å². The van der Waals surface area contributed by atoms with E-state index >= 15 is 0 Å². The molecule has 1 unspecified atom stereocenters. The largest absolute Gasteiger partial charge is 0.482 e. The van der Waals surface area contributed by atoms with Crippen LogP contribution in [-0.4, -0.2) is 25.7 Å². The summed E-state index contributed by atoms with van der Waals surface area (Å²) in [7, 11) is 1.35. The normalized spacial score (nSPS) is 11.8. The van der Waals surface area contributed by atoms with Crippen LogP contribution in [0.1, 0.15) is 46.0 Å². The van der Waals surface area contributed by atoms with E-state index in [2.05, 4.69) is 23.9 Å². The van der Waals surface area contributed by atoms with Crippen molar-refractivity contribution in [1.29, 1.82) is 0 Å². The van der Waals surface area contributed by atoms with Gasteiger partial charge in [-0.05, 0) is 37.6 Å². The molecule has 0 aliphatic rings. The maximum Gasteiger partial charge on any atom is 0.343 e. The third-order valence-electron chi connectivity index (χ3n) is 3.34. The number of carbonyl (C=O) groups excluding carboxylic acids is 1. The van der Waals surface area contributed by atoms with E-state index in [4.69, 9.17) is 4.74 Å². The number of rotatable bonds is 10. The Hall–Kier alpha value is -1.71. The van der Waals surface area contributed by atoms with Crippen LogP contribution in [0.5, 0.6) is 5.75 Å². The molecule has 1 rings (SSSR count). The van der Waals surface area contributed by atoms with Crippen LogP contribution in [0.3, 0.4) is 0 Å². The number of nitrogens with one attached hydrogen (secondary N) is 1.